The number of aryl methyl sites for hydroxylation is 3. The standard InChI is InChI=1S/C27H35N3O2S2/c1-6-9-22-19(5)24-25(34-22)28-27(30(26(24)32)21-14-12-20(7-2)13-15-21)33-16-23(31)29-17(3)10-8-11-18(29)4/h12-15,17-18H,6-11,16H2,1-5H3/t17-,18-/m1/s1. The topological polar surface area (TPSA) is 55.2 Å². The van der Waals surface area contributed by atoms with Gasteiger partial charge in [0, 0.05) is 17.0 Å². The molecular formula is C27H35N3O2S2. The Hall–Kier alpha value is -2.12. The van der Waals surface area contributed by atoms with Crippen molar-refractivity contribution in [2.45, 2.75) is 90.4 Å². The number of amides is 1. The van der Waals surface area contributed by atoms with Crippen molar-refractivity contribution in [1.29, 1.82) is 0 Å². The van der Waals surface area contributed by atoms with Crippen LogP contribution in [0.2, 0.25) is 0 Å². The van der Waals surface area contributed by atoms with Crippen LogP contribution in [0.3, 0.4) is 0 Å². The molecule has 2 atom stereocenters. The summed E-state index contributed by atoms with van der Waals surface area (Å²) in [5.74, 6) is 0.409. The van der Waals surface area contributed by atoms with E-state index in [1.165, 1.54) is 28.6 Å². The largest absolute Gasteiger partial charge is 0.337 e. The first-order chi connectivity index (χ1) is 16.3. The summed E-state index contributed by atoms with van der Waals surface area (Å²) in [5, 5.41) is 1.30. The number of nitrogens with zero attached hydrogens (tertiary/aromatic N) is 3. The summed E-state index contributed by atoms with van der Waals surface area (Å²) in [7, 11) is 0. The molecule has 0 radical (unpaired) electrons. The fourth-order valence-electron chi connectivity index (χ4n) is 4.99. The first kappa shape index (κ1) is 25.0. The second-order valence-electron chi connectivity index (χ2n) is 9.35. The number of fused-ring (bicyclic) bond motifs is 1. The van der Waals surface area contributed by atoms with Gasteiger partial charge in [-0.3, -0.25) is 14.2 Å². The van der Waals surface area contributed by atoms with Crippen LogP contribution in [0.25, 0.3) is 15.9 Å². The van der Waals surface area contributed by atoms with E-state index in [4.69, 9.17) is 4.98 Å². The van der Waals surface area contributed by atoms with E-state index in [1.54, 1.807) is 15.9 Å². The van der Waals surface area contributed by atoms with Gasteiger partial charge in [0.1, 0.15) is 4.83 Å². The molecule has 1 aliphatic heterocycles. The molecule has 0 bridgehead atoms. The second kappa shape index (κ2) is 10.6. The Kier molecular flexibility index (Phi) is 7.83. The SMILES string of the molecule is CCCc1sc2nc(SCC(=O)N3[C@H](C)CCC[C@H]3C)n(-c3ccc(CC)cc3)c(=O)c2c1C. The van der Waals surface area contributed by atoms with Gasteiger partial charge >= 0.3 is 0 Å². The maximum atomic E-state index is 13.8. The smallest absolute Gasteiger partial charge is 0.267 e. The molecule has 3 heterocycles. The van der Waals surface area contributed by atoms with Crippen LogP contribution in [-0.2, 0) is 17.6 Å². The third kappa shape index (κ3) is 4.82. The molecule has 0 spiro atoms. The lowest BCUT2D eigenvalue weighted by atomic mass is 9.98. The van der Waals surface area contributed by atoms with Crippen LogP contribution >= 0.6 is 23.1 Å². The normalized spacial score (nSPS) is 18.6. The van der Waals surface area contributed by atoms with Gasteiger partial charge in [-0.05, 0) is 76.1 Å². The molecule has 182 valence electrons. The summed E-state index contributed by atoms with van der Waals surface area (Å²) < 4.78 is 1.71. The Morgan fingerprint density at radius 1 is 1.15 bits per heavy atom. The average molecular weight is 498 g/mol. The van der Waals surface area contributed by atoms with Crippen molar-refractivity contribution < 1.29 is 4.79 Å². The summed E-state index contributed by atoms with van der Waals surface area (Å²) in [5.41, 5.74) is 3.02. The van der Waals surface area contributed by atoms with Gasteiger partial charge in [-0.15, -0.1) is 11.3 Å². The highest BCUT2D eigenvalue weighted by Gasteiger charge is 2.29. The highest BCUT2D eigenvalue weighted by atomic mass is 32.2. The van der Waals surface area contributed by atoms with E-state index >= 15 is 0 Å². The summed E-state index contributed by atoms with van der Waals surface area (Å²) in [6.45, 7) is 10.6. The number of carbonyl (C=O) groups excluding carboxylic acids is 1. The summed E-state index contributed by atoms with van der Waals surface area (Å²) in [4.78, 5) is 36.0. The van der Waals surface area contributed by atoms with E-state index < -0.39 is 0 Å². The summed E-state index contributed by atoms with van der Waals surface area (Å²) in [6.07, 6.45) is 6.19. The molecule has 34 heavy (non-hydrogen) atoms. The molecule has 3 aromatic rings. The van der Waals surface area contributed by atoms with E-state index in [2.05, 4.69) is 39.8 Å². The summed E-state index contributed by atoms with van der Waals surface area (Å²) in [6, 6.07) is 8.61. The zero-order valence-corrected chi connectivity index (χ0v) is 22.5. The molecule has 5 nitrogen and oxygen atoms in total. The molecule has 0 saturated carbocycles. The molecule has 7 heteroatoms. The minimum Gasteiger partial charge on any atom is -0.337 e. The highest BCUT2D eigenvalue weighted by molar-refractivity contribution is 7.99. The first-order valence-corrected chi connectivity index (χ1v) is 14.2. The van der Waals surface area contributed by atoms with E-state index in [9.17, 15) is 9.59 Å². The van der Waals surface area contributed by atoms with E-state index in [-0.39, 0.29) is 29.3 Å². The molecule has 1 aromatic carbocycles. The van der Waals surface area contributed by atoms with E-state index in [1.807, 2.05) is 24.0 Å². The van der Waals surface area contributed by atoms with Gasteiger partial charge in [-0.2, -0.15) is 0 Å². The molecule has 1 amide bonds. The van der Waals surface area contributed by atoms with Crippen molar-refractivity contribution in [3.8, 4) is 5.69 Å². The fraction of sp³-hybridized carbons (Fsp3) is 0.519. The summed E-state index contributed by atoms with van der Waals surface area (Å²) >= 11 is 3.00. The Balaban J connectivity index is 1.75. The van der Waals surface area contributed by atoms with Crippen molar-refractivity contribution >= 4 is 39.2 Å². The van der Waals surface area contributed by atoms with Gasteiger partial charge in [-0.1, -0.05) is 44.2 Å². The molecule has 0 unspecified atom stereocenters. The van der Waals surface area contributed by atoms with Gasteiger partial charge in [0.05, 0.1) is 16.8 Å². The molecule has 1 saturated heterocycles. The van der Waals surface area contributed by atoms with Gasteiger partial charge < -0.3 is 4.90 Å². The van der Waals surface area contributed by atoms with Crippen LogP contribution in [0.1, 0.15) is 69.4 Å². The number of aromatic nitrogens is 2. The van der Waals surface area contributed by atoms with Gasteiger partial charge in [-0.25, -0.2) is 4.98 Å². The van der Waals surface area contributed by atoms with Crippen LogP contribution in [0.5, 0.6) is 0 Å². The number of piperidine rings is 1. The lowest BCUT2D eigenvalue weighted by Crippen LogP contribution is -2.48. The van der Waals surface area contributed by atoms with Gasteiger partial charge in [0.2, 0.25) is 5.91 Å². The van der Waals surface area contributed by atoms with Crippen LogP contribution in [0, 0.1) is 6.92 Å². The second-order valence-corrected chi connectivity index (χ2v) is 11.4. The third-order valence-corrected chi connectivity index (χ3v) is 9.09. The van der Waals surface area contributed by atoms with Gasteiger partial charge in [0.25, 0.3) is 5.56 Å². The average Bonchev–Trinajstić information content (AvgIpc) is 3.13. The Bertz CT molecular complexity index is 1220. The number of carbonyl (C=O) groups is 1. The quantitative estimate of drug-likeness (QED) is 0.290. The van der Waals surface area contributed by atoms with Crippen molar-refractivity contribution in [3.63, 3.8) is 0 Å². The van der Waals surface area contributed by atoms with Crippen molar-refractivity contribution in [3.05, 3.63) is 50.6 Å². The molecule has 0 N–H and O–H groups in total. The fourth-order valence-corrected chi connectivity index (χ4v) is 7.20. The monoisotopic (exact) mass is 497 g/mol. The minimum absolute atomic E-state index is 0.0417. The van der Waals surface area contributed by atoms with E-state index in [0.717, 1.165) is 48.2 Å². The van der Waals surface area contributed by atoms with Crippen LogP contribution in [-0.4, -0.2) is 38.2 Å². The number of thiophene rings is 1. The Morgan fingerprint density at radius 3 is 2.44 bits per heavy atom. The number of benzene rings is 1. The number of thioether (sulfide) groups is 1. The zero-order chi connectivity index (χ0) is 24.4. The third-order valence-electron chi connectivity index (χ3n) is 6.92. The molecule has 1 aliphatic rings. The van der Waals surface area contributed by atoms with Crippen molar-refractivity contribution in [2.75, 3.05) is 5.75 Å². The van der Waals surface area contributed by atoms with Crippen LogP contribution in [0.4, 0.5) is 0 Å². The van der Waals surface area contributed by atoms with Crippen molar-refractivity contribution in [1.82, 2.24) is 14.5 Å². The number of likely N-dealkylation sites (tertiary alicyclic amines) is 1. The lowest BCUT2D eigenvalue weighted by molar-refractivity contribution is -0.134. The van der Waals surface area contributed by atoms with Gasteiger partial charge in [0.15, 0.2) is 5.16 Å². The number of hydrogen-bond acceptors (Lipinski definition) is 5. The number of hydrogen-bond donors (Lipinski definition) is 0. The van der Waals surface area contributed by atoms with Crippen LogP contribution < -0.4 is 5.56 Å². The molecule has 0 aliphatic carbocycles. The highest BCUT2D eigenvalue weighted by Crippen LogP contribution is 2.32. The Labute approximate surface area is 210 Å². The molecule has 1 fully saturated rings. The molecular weight excluding hydrogens is 462 g/mol. The van der Waals surface area contributed by atoms with E-state index in [0.29, 0.717) is 10.5 Å². The number of rotatable bonds is 7. The predicted molar refractivity (Wildman–Crippen MR) is 144 cm³/mol. The van der Waals surface area contributed by atoms with Crippen LogP contribution in [0.15, 0.2) is 34.2 Å². The lowest BCUT2D eigenvalue weighted by Gasteiger charge is -2.39. The maximum absolute atomic E-state index is 13.8. The first-order valence-electron chi connectivity index (χ1n) is 12.4. The maximum Gasteiger partial charge on any atom is 0.267 e. The minimum atomic E-state index is -0.0417. The molecule has 2 aromatic heterocycles. The van der Waals surface area contributed by atoms with Crippen molar-refractivity contribution in [2.24, 2.45) is 0 Å². The molecule has 4 rings (SSSR count). The zero-order valence-electron chi connectivity index (χ0n) is 20.9. The Morgan fingerprint density at radius 2 is 1.82 bits per heavy atom. The predicted octanol–water partition coefficient (Wildman–Crippen LogP) is 6.15.